The Kier molecular flexibility index (Phi) is 9.40. The minimum absolute atomic E-state index is 0.0573. The quantitative estimate of drug-likeness (QED) is 0.127. The van der Waals surface area contributed by atoms with E-state index < -0.39 is 56.5 Å². The van der Waals surface area contributed by atoms with Crippen molar-refractivity contribution in [2.45, 2.75) is 64.6 Å². The number of aryl methyl sites for hydroxylation is 1. The summed E-state index contributed by atoms with van der Waals surface area (Å²) in [6.45, 7) is 11.1. The van der Waals surface area contributed by atoms with Gasteiger partial charge in [-0.05, 0) is 78.8 Å². The van der Waals surface area contributed by atoms with Gasteiger partial charge in [0.1, 0.15) is 21.7 Å². The number of nitrogens with zero attached hydrogens (tertiary/aromatic N) is 1. The van der Waals surface area contributed by atoms with Gasteiger partial charge in [0, 0.05) is 11.1 Å². The number of imide groups is 1. The SMILES string of the molecule is COC(=O)c1c(N(C(=O)OC(C)(C)C)C(=O)OC(C)(C)C)ccc(-c2ccoc2C=O)c1OS(=O)(=O)c1ccc(C)cc1. The number of rotatable bonds is 7. The van der Waals surface area contributed by atoms with Crippen LogP contribution in [-0.2, 0) is 24.3 Å². The second kappa shape index (κ2) is 12.3. The Morgan fingerprint density at radius 3 is 1.88 bits per heavy atom. The van der Waals surface area contributed by atoms with Gasteiger partial charge < -0.3 is 22.8 Å². The number of methoxy groups -OCH3 is 1. The number of benzene rings is 2. The molecule has 1 aromatic heterocycles. The highest BCUT2D eigenvalue weighted by Gasteiger charge is 2.38. The average molecular weight is 616 g/mol. The van der Waals surface area contributed by atoms with Crippen LogP contribution in [-0.4, -0.2) is 51.2 Å². The molecule has 13 heteroatoms. The molecule has 0 fully saturated rings. The van der Waals surface area contributed by atoms with Crippen molar-refractivity contribution in [1.82, 2.24) is 0 Å². The van der Waals surface area contributed by atoms with Gasteiger partial charge in [0.05, 0.1) is 19.1 Å². The number of hydrogen-bond acceptors (Lipinski definition) is 11. The van der Waals surface area contributed by atoms with Crippen molar-refractivity contribution < 1.29 is 50.4 Å². The molecule has 0 saturated carbocycles. The molecule has 0 N–H and O–H groups in total. The molecule has 12 nitrogen and oxygen atoms in total. The van der Waals surface area contributed by atoms with Gasteiger partial charge in [0.15, 0.2) is 17.8 Å². The first-order valence-corrected chi connectivity index (χ1v) is 14.3. The molecule has 3 rings (SSSR count). The largest absolute Gasteiger partial charge is 0.465 e. The fraction of sp³-hybridized carbons (Fsp3) is 0.333. The molecular weight excluding hydrogens is 582 g/mol. The first-order valence-electron chi connectivity index (χ1n) is 12.9. The number of carbonyl (C=O) groups is 4. The van der Waals surface area contributed by atoms with Crippen molar-refractivity contribution >= 4 is 40.2 Å². The number of carbonyl (C=O) groups excluding carboxylic acids is 4. The molecule has 0 aliphatic carbocycles. The van der Waals surface area contributed by atoms with Crippen molar-refractivity contribution in [2.24, 2.45) is 0 Å². The molecule has 0 unspecified atom stereocenters. The van der Waals surface area contributed by atoms with E-state index in [0.29, 0.717) is 11.2 Å². The Hall–Kier alpha value is -4.65. The van der Waals surface area contributed by atoms with Gasteiger partial charge >= 0.3 is 28.3 Å². The van der Waals surface area contributed by atoms with Gasteiger partial charge in [-0.25, -0.2) is 14.4 Å². The highest BCUT2D eigenvalue weighted by molar-refractivity contribution is 7.87. The maximum atomic E-state index is 13.5. The maximum Gasteiger partial charge on any atom is 0.424 e. The second-order valence-corrected chi connectivity index (χ2v) is 12.8. The summed E-state index contributed by atoms with van der Waals surface area (Å²) in [4.78, 5) is 52.2. The van der Waals surface area contributed by atoms with Gasteiger partial charge in [-0.3, -0.25) is 4.79 Å². The average Bonchev–Trinajstić information content (AvgIpc) is 3.35. The third-order valence-electron chi connectivity index (χ3n) is 5.51. The van der Waals surface area contributed by atoms with E-state index in [0.717, 1.165) is 12.7 Å². The van der Waals surface area contributed by atoms with E-state index in [1.165, 1.54) is 36.6 Å². The van der Waals surface area contributed by atoms with Crippen molar-refractivity contribution in [2.75, 3.05) is 12.0 Å². The molecule has 43 heavy (non-hydrogen) atoms. The molecule has 0 atom stereocenters. The van der Waals surface area contributed by atoms with E-state index in [9.17, 15) is 27.6 Å². The van der Waals surface area contributed by atoms with E-state index in [4.69, 9.17) is 22.8 Å². The standard InChI is InChI=1S/C30H33NO11S/c1-18-9-11-19(12-10-18)43(36,37)42-25-21(20-15-16-39-23(20)17-32)13-14-22(24(25)26(33)38-8)31(27(34)40-29(2,3)4)28(35)41-30(5,6)7/h9-17H,1-8H3. The highest BCUT2D eigenvalue weighted by Crippen LogP contribution is 2.43. The molecule has 3 aromatic rings. The number of amides is 2. The third kappa shape index (κ3) is 7.80. The molecule has 2 aromatic carbocycles. The Labute approximate surface area is 249 Å². The van der Waals surface area contributed by atoms with Crippen LogP contribution >= 0.6 is 0 Å². The maximum absolute atomic E-state index is 13.5. The summed E-state index contributed by atoms with van der Waals surface area (Å²) in [6.07, 6.45) is -0.906. The number of ether oxygens (including phenoxy) is 3. The molecule has 0 aliphatic heterocycles. The first-order chi connectivity index (χ1) is 19.9. The number of aldehydes is 1. The van der Waals surface area contributed by atoms with Crippen molar-refractivity contribution in [3.8, 4) is 16.9 Å². The van der Waals surface area contributed by atoms with E-state index in [2.05, 4.69) is 0 Å². The Bertz CT molecular complexity index is 1610. The molecule has 0 radical (unpaired) electrons. The molecule has 0 spiro atoms. The lowest BCUT2D eigenvalue weighted by atomic mass is 9.99. The predicted molar refractivity (Wildman–Crippen MR) is 155 cm³/mol. The topological polar surface area (TPSA) is 156 Å². The van der Waals surface area contributed by atoms with Crippen LogP contribution in [0.15, 0.2) is 58.0 Å². The van der Waals surface area contributed by atoms with Crippen LogP contribution in [0, 0.1) is 6.92 Å². The van der Waals surface area contributed by atoms with Gasteiger partial charge in [-0.1, -0.05) is 17.7 Å². The van der Waals surface area contributed by atoms with Crippen molar-refractivity contribution in [3.63, 3.8) is 0 Å². The van der Waals surface area contributed by atoms with Crippen LogP contribution in [0.25, 0.3) is 11.1 Å². The Morgan fingerprint density at radius 2 is 1.40 bits per heavy atom. The second-order valence-electron chi connectivity index (χ2n) is 11.3. The summed E-state index contributed by atoms with van der Waals surface area (Å²) < 4.78 is 53.6. The lowest BCUT2D eigenvalue weighted by molar-refractivity contribution is 0.0430. The summed E-state index contributed by atoms with van der Waals surface area (Å²) in [7, 11) is -3.63. The summed E-state index contributed by atoms with van der Waals surface area (Å²) in [5, 5.41) is 0. The number of hydrogen-bond donors (Lipinski definition) is 0. The molecule has 1 heterocycles. The van der Waals surface area contributed by atoms with Gasteiger partial charge in [-0.15, -0.1) is 0 Å². The fourth-order valence-electron chi connectivity index (χ4n) is 3.74. The molecular formula is C30H33NO11S. The predicted octanol–water partition coefficient (Wildman–Crippen LogP) is 6.30. The third-order valence-corrected chi connectivity index (χ3v) is 6.75. The van der Waals surface area contributed by atoms with Crippen LogP contribution in [0.4, 0.5) is 15.3 Å². The summed E-state index contributed by atoms with van der Waals surface area (Å²) >= 11 is 0. The zero-order valence-electron chi connectivity index (χ0n) is 25.0. The van der Waals surface area contributed by atoms with Crippen LogP contribution in [0.2, 0.25) is 0 Å². The zero-order chi connectivity index (χ0) is 32.3. The smallest absolute Gasteiger partial charge is 0.424 e. The zero-order valence-corrected chi connectivity index (χ0v) is 25.9. The monoisotopic (exact) mass is 615 g/mol. The van der Waals surface area contributed by atoms with E-state index >= 15 is 0 Å². The van der Waals surface area contributed by atoms with Crippen LogP contribution in [0.3, 0.4) is 0 Å². The summed E-state index contributed by atoms with van der Waals surface area (Å²) in [5.41, 5.74) is -2.56. The van der Waals surface area contributed by atoms with Gasteiger partial charge in [-0.2, -0.15) is 13.3 Å². The number of furan rings is 1. The van der Waals surface area contributed by atoms with E-state index in [1.807, 2.05) is 0 Å². The lowest BCUT2D eigenvalue weighted by Crippen LogP contribution is -2.44. The highest BCUT2D eigenvalue weighted by atomic mass is 32.2. The summed E-state index contributed by atoms with van der Waals surface area (Å²) in [6, 6.07) is 9.46. The molecule has 0 saturated heterocycles. The van der Waals surface area contributed by atoms with Gasteiger partial charge in [0.2, 0.25) is 0 Å². The number of anilines is 1. The van der Waals surface area contributed by atoms with Crippen LogP contribution in [0.1, 0.15) is 68.0 Å². The van der Waals surface area contributed by atoms with E-state index in [-0.39, 0.29) is 21.8 Å². The molecule has 0 bridgehead atoms. The number of esters is 1. The Morgan fingerprint density at radius 1 is 0.837 bits per heavy atom. The van der Waals surface area contributed by atoms with Gasteiger partial charge in [0.25, 0.3) is 0 Å². The molecule has 0 aliphatic rings. The lowest BCUT2D eigenvalue weighted by Gasteiger charge is -2.30. The minimum Gasteiger partial charge on any atom is -0.465 e. The molecule has 2 amide bonds. The Balaban J connectivity index is 2.42. The molecule has 230 valence electrons. The van der Waals surface area contributed by atoms with Crippen molar-refractivity contribution in [1.29, 1.82) is 0 Å². The first kappa shape index (κ1) is 32.9. The normalized spacial score (nSPS) is 11.8. The van der Waals surface area contributed by atoms with E-state index in [1.54, 1.807) is 60.6 Å². The summed E-state index contributed by atoms with van der Waals surface area (Å²) in [5.74, 6) is -2.04. The van der Waals surface area contributed by atoms with Crippen LogP contribution in [0.5, 0.6) is 5.75 Å². The minimum atomic E-state index is -4.65. The fourth-order valence-corrected chi connectivity index (χ4v) is 4.70. The van der Waals surface area contributed by atoms with Crippen molar-refractivity contribution in [3.05, 3.63) is 65.6 Å². The van der Waals surface area contributed by atoms with Crippen LogP contribution < -0.4 is 9.08 Å².